The van der Waals surface area contributed by atoms with Crippen molar-refractivity contribution in [1.29, 1.82) is 0 Å². The van der Waals surface area contributed by atoms with Crippen LogP contribution in [-0.2, 0) is 13.6 Å². The zero-order valence-electron chi connectivity index (χ0n) is 11.5. The molecule has 98 valence electrons. The average Bonchev–Trinajstić information content (AvgIpc) is 2.92. The van der Waals surface area contributed by atoms with Crippen molar-refractivity contribution >= 4 is 5.82 Å². The molecule has 2 rings (SSSR count). The van der Waals surface area contributed by atoms with Gasteiger partial charge in [0.15, 0.2) is 5.82 Å². The molecule has 2 aromatic rings. The molecular formula is C13H21N5. The molecule has 0 fully saturated rings. The van der Waals surface area contributed by atoms with Gasteiger partial charge in [-0.25, -0.2) is 0 Å². The zero-order chi connectivity index (χ0) is 13.1. The SMILES string of the molecule is CC[C@H](C)n1nccc1CNc1nn(C)cc1C. The quantitative estimate of drug-likeness (QED) is 0.883. The number of aromatic nitrogens is 4. The third-order valence-corrected chi connectivity index (χ3v) is 3.21. The van der Waals surface area contributed by atoms with Crippen LogP contribution < -0.4 is 5.32 Å². The average molecular weight is 247 g/mol. The molecule has 5 heteroatoms. The van der Waals surface area contributed by atoms with Crippen molar-refractivity contribution in [2.45, 2.75) is 39.8 Å². The van der Waals surface area contributed by atoms with E-state index in [1.54, 1.807) is 0 Å². The van der Waals surface area contributed by atoms with Crippen LogP contribution in [0.3, 0.4) is 0 Å². The fourth-order valence-corrected chi connectivity index (χ4v) is 2.01. The first-order chi connectivity index (χ1) is 8.61. The van der Waals surface area contributed by atoms with E-state index in [2.05, 4.69) is 47.0 Å². The molecule has 0 unspecified atom stereocenters. The van der Waals surface area contributed by atoms with Gasteiger partial charge in [0.25, 0.3) is 0 Å². The largest absolute Gasteiger partial charge is 0.363 e. The number of rotatable bonds is 5. The molecule has 0 amide bonds. The highest BCUT2D eigenvalue weighted by Gasteiger charge is 2.09. The second kappa shape index (κ2) is 5.25. The minimum Gasteiger partial charge on any atom is -0.363 e. The van der Waals surface area contributed by atoms with Crippen molar-refractivity contribution in [1.82, 2.24) is 19.6 Å². The summed E-state index contributed by atoms with van der Waals surface area (Å²) < 4.78 is 3.90. The van der Waals surface area contributed by atoms with Gasteiger partial charge in [-0.05, 0) is 26.3 Å². The summed E-state index contributed by atoms with van der Waals surface area (Å²) in [6.45, 7) is 7.17. The standard InChI is InChI=1S/C13H21N5/c1-5-11(3)18-12(6-7-15-18)8-14-13-10(2)9-17(4)16-13/h6-7,9,11H,5,8H2,1-4H3,(H,14,16)/t11-/m0/s1. The van der Waals surface area contributed by atoms with Crippen LogP contribution in [0, 0.1) is 6.92 Å². The summed E-state index contributed by atoms with van der Waals surface area (Å²) >= 11 is 0. The van der Waals surface area contributed by atoms with Gasteiger partial charge >= 0.3 is 0 Å². The third kappa shape index (κ3) is 2.55. The van der Waals surface area contributed by atoms with E-state index in [4.69, 9.17) is 0 Å². The maximum atomic E-state index is 4.38. The van der Waals surface area contributed by atoms with Crippen LogP contribution in [-0.4, -0.2) is 19.6 Å². The Kier molecular flexibility index (Phi) is 3.69. The van der Waals surface area contributed by atoms with E-state index in [1.807, 2.05) is 24.1 Å². The summed E-state index contributed by atoms with van der Waals surface area (Å²) in [5, 5.41) is 12.1. The Bertz CT molecular complexity index is 511. The summed E-state index contributed by atoms with van der Waals surface area (Å²) in [6, 6.07) is 2.49. The van der Waals surface area contributed by atoms with Gasteiger partial charge < -0.3 is 5.32 Å². The van der Waals surface area contributed by atoms with Gasteiger partial charge in [-0.3, -0.25) is 9.36 Å². The smallest absolute Gasteiger partial charge is 0.151 e. The van der Waals surface area contributed by atoms with Gasteiger partial charge in [0.2, 0.25) is 0 Å². The summed E-state index contributed by atoms with van der Waals surface area (Å²) in [5.74, 6) is 0.939. The van der Waals surface area contributed by atoms with Crippen molar-refractivity contribution in [2.24, 2.45) is 7.05 Å². The molecule has 1 N–H and O–H groups in total. The monoisotopic (exact) mass is 247 g/mol. The number of hydrogen-bond acceptors (Lipinski definition) is 3. The van der Waals surface area contributed by atoms with Gasteiger partial charge in [-0.15, -0.1) is 0 Å². The molecule has 0 aliphatic rings. The first kappa shape index (κ1) is 12.7. The second-order valence-corrected chi connectivity index (χ2v) is 4.71. The van der Waals surface area contributed by atoms with Crippen LogP contribution in [0.25, 0.3) is 0 Å². The predicted octanol–water partition coefficient (Wildman–Crippen LogP) is 2.51. The summed E-state index contributed by atoms with van der Waals surface area (Å²) in [7, 11) is 1.93. The van der Waals surface area contributed by atoms with Gasteiger partial charge in [0.05, 0.1) is 12.2 Å². The van der Waals surface area contributed by atoms with Gasteiger partial charge in [-0.1, -0.05) is 6.92 Å². The van der Waals surface area contributed by atoms with Crippen molar-refractivity contribution in [2.75, 3.05) is 5.32 Å². The van der Waals surface area contributed by atoms with Crippen molar-refractivity contribution < 1.29 is 0 Å². The Morgan fingerprint density at radius 2 is 2.22 bits per heavy atom. The number of hydrogen-bond donors (Lipinski definition) is 1. The Hall–Kier alpha value is -1.78. The lowest BCUT2D eigenvalue weighted by Gasteiger charge is -2.14. The van der Waals surface area contributed by atoms with E-state index in [1.165, 1.54) is 5.69 Å². The Morgan fingerprint density at radius 3 is 2.83 bits per heavy atom. The summed E-state index contributed by atoms with van der Waals surface area (Å²) in [4.78, 5) is 0. The number of aryl methyl sites for hydroxylation is 2. The van der Waals surface area contributed by atoms with E-state index in [-0.39, 0.29) is 0 Å². The highest BCUT2D eigenvalue weighted by atomic mass is 15.3. The van der Waals surface area contributed by atoms with E-state index in [9.17, 15) is 0 Å². The van der Waals surface area contributed by atoms with Crippen LogP contribution in [0.15, 0.2) is 18.5 Å². The molecular weight excluding hydrogens is 226 g/mol. The zero-order valence-corrected chi connectivity index (χ0v) is 11.5. The molecule has 1 atom stereocenters. The normalized spacial score (nSPS) is 12.7. The van der Waals surface area contributed by atoms with E-state index < -0.39 is 0 Å². The molecule has 0 spiro atoms. The Balaban J connectivity index is 2.06. The van der Waals surface area contributed by atoms with Crippen molar-refractivity contribution in [3.8, 4) is 0 Å². The van der Waals surface area contributed by atoms with E-state index in [0.717, 1.165) is 24.3 Å². The van der Waals surface area contributed by atoms with Crippen LogP contribution in [0.2, 0.25) is 0 Å². The minimum atomic E-state index is 0.432. The van der Waals surface area contributed by atoms with Crippen molar-refractivity contribution in [3.63, 3.8) is 0 Å². The number of nitrogens with one attached hydrogen (secondary N) is 1. The van der Waals surface area contributed by atoms with E-state index in [0.29, 0.717) is 6.04 Å². The topological polar surface area (TPSA) is 47.7 Å². The lowest BCUT2D eigenvalue weighted by Crippen LogP contribution is -2.13. The first-order valence-electron chi connectivity index (χ1n) is 6.38. The molecule has 0 saturated carbocycles. The lowest BCUT2D eigenvalue weighted by molar-refractivity contribution is 0.462. The second-order valence-electron chi connectivity index (χ2n) is 4.71. The maximum absolute atomic E-state index is 4.38. The Morgan fingerprint density at radius 1 is 1.44 bits per heavy atom. The number of nitrogens with zero attached hydrogens (tertiary/aromatic N) is 4. The third-order valence-electron chi connectivity index (χ3n) is 3.21. The Labute approximate surface area is 108 Å². The minimum absolute atomic E-state index is 0.432. The first-order valence-corrected chi connectivity index (χ1v) is 6.38. The molecule has 2 heterocycles. The molecule has 2 aromatic heterocycles. The van der Waals surface area contributed by atoms with Crippen LogP contribution in [0.4, 0.5) is 5.82 Å². The van der Waals surface area contributed by atoms with Gasteiger partial charge in [0.1, 0.15) is 0 Å². The predicted molar refractivity (Wildman–Crippen MR) is 72.5 cm³/mol. The summed E-state index contributed by atoms with van der Waals surface area (Å²) in [5.41, 5.74) is 2.35. The van der Waals surface area contributed by atoms with Crippen LogP contribution in [0.1, 0.15) is 37.6 Å². The maximum Gasteiger partial charge on any atom is 0.151 e. The molecule has 0 aromatic carbocycles. The fourth-order valence-electron chi connectivity index (χ4n) is 2.01. The van der Waals surface area contributed by atoms with Crippen LogP contribution in [0.5, 0.6) is 0 Å². The van der Waals surface area contributed by atoms with E-state index >= 15 is 0 Å². The molecule has 0 saturated heterocycles. The van der Waals surface area contributed by atoms with Crippen molar-refractivity contribution in [3.05, 3.63) is 29.7 Å². The molecule has 5 nitrogen and oxygen atoms in total. The van der Waals surface area contributed by atoms with Gasteiger partial charge in [0, 0.05) is 31.0 Å². The highest BCUT2D eigenvalue weighted by Crippen LogP contribution is 2.15. The molecule has 0 aliphatic carbocycles. The molecule has 0 bridgehead atoms. The lowest BCUT2D eigenvalue weighted by atomic mass is 10.2. The van der Waals surface area contributed by atoms with Crippen LogP contribution >= 0.6 is 0 Å². The number of anilines is 1. The molecule has 18 heavy (non-hydrogen) atoms. The highest BCUT2D eigenvalue weighted by molar-refractivity contribution is 5.41. The molecule has 0 aliphatic heterocycles. The fraction of sp³-hybridized carbons (Fsp3) is 0.538. The van der Waals surface area contributed by atoms with Gasteiger partial charge in [-0.2, -0.15) is 10.2 Å². The molecule has 0 radical (unpaired) electrons. The summed E-state index contributed by atoms with van der Waals surface area (Å²) in [6.07, 6.45) is 4.94.